The van der Waals surface area contributed by atoms with E-state index < -0.39 is 18.1 Å². The number of carbonyl (C=O) groups excluding carboxylic acids is 1. The summed E-state index contributed by atoms with van der Waals surface area (Å²) in [5, 5.41) is 9.12. The molecule has 0 bridgehead atoms. The molecule has 0 fully saturated rings. The van der Waals surface area contributed by atoms with Gasteiger partial charge in [-0.25, -0.2) is 4.79 Å². The highest BCUT2D eigenvalue weighted by Gasteiger charge is 2.32. The lowest BCUT2D eigenvalue weighted by molar-refractivity contribution is -0.274. The van der Waals surface area contributed by atoms with E-state index in [1.165, 1.54) is 0 Å². The Hall–Kier alpha value is -1.75. The zero-order chi connectivity index (χ0) is 15.3. The van der Waals surface area contributed by atoms with Crippen LogP contribution in [0.4, 0.5) is 13.2 Å². The molecule has 20 heavy (non-hydrogen) atoms. The lowest BCUT2D eigenvalue weighted by Crippen LogP contribution is -2.18. The molecule has 4 nitrogen and oxygen atoms in total. The second kappa shape index (κ2) is 6.61. The monoisotopic (exact) mass is 351 g/mol. The van der Waals surface area contributed by atoms with Gasteiger partial charge < -0.3 is 9.47 Å². The molecule has 108 valence electrons. The number of carbonyl (C=O) groups is 1. The molecule has 0 amide bonds. The van der Waals surface area contributed by atoms with Gasteiger partial charge in [0, 0.05) is 5.33 Å². The number of esters is 1. The molecule has 1 aromatic rings. The molecule has 0 aliphatic rings. The van der Waals surface area contributed by atoms with Crippen molar-refractivity contribution in [2.75, 3.05) is 6.61 Å². The minimum atomic E-state index is -4.89. The molecule has 0 aliphatic heterocycles. The highest BCUT2D eigenvalue weighted by Crippen LogP contribution is 2.29. The first-order valence-corrected chi connectivity index (χ1v) is 6.50. The summed E-state index contributed by atoms with van der Waals surface area (Å²) >= 11 is 3.05. The summed E-state index contributed by atoms with van der Waals surface area (Å²) in [5.41, 5.74) is -0.0993. The van der Waals surface area contributed by atoms with Crippen LogP contribution in [-0.2, 0) is 10.1 Å². The van der Waals surface area contributed by atoms with Gasteiger partial charge in [-0.15, -0.1) is 13.2 Å². The molecule has 0 N–H and O–H groups in total. The van der Waals surface area contributed by atoms with E-state index in [1.807, 2.05) is 0 Å². The maximum atomic E-state index is 12.2. The third-order valence-corrected chi connectivity index (χ3v) is 2.78. The number of hydrogen-bond donors (Lipinski definition) is 0. The minimum absolute atomic E-state index is 0.0394. The molecular formula is C12H9BrF3NO3. The Morgan fingerprint density at radius 3 is 2.55 bits per heavy atom. The van der Waals surface area contributed by atoms with Crippen LogP contribution < -0.4 is 4.74 Å². The minimum Gasteiger partial charge on any atom is -0.462 e. The number of benzene rings is 1. The highest BCUT2D eigenvalue weighted by atomic mass is 79.9. The first-order chi connectivity index (χ1) is 9.32. The Kier molecular flexibility index (Phi) is 5.39. The standard InChI is InChI=1S/C12H9BrF3NO3/c1-2-19-11(18)9-4-8(20-12(14,15)16)3-7(5-13)10(9)6-17/h3-4H,2,5H2,1H3. The molecule has 1 rings (SSSR count). The van der Waals surface area contributed by atoms with Crippen LogP contribution in [-0.4, -0.2) is 18.9 Å². The molecule has 0 aliphatic carbocycles. The molecule has 0 heterocycles. The molecule has 1 aromatic carbocycles. The summed E-state index contributed by atoms with van der Waals surface area (Å²) in [6, 6.07) is 3.67. The van der Waals surface area contributed by atoms with Gasteiger partial charge in [-0.05, 0) is 24.6 Å². The Labute approximate surface area is 121 Å². The van der Waals surface area contributed by atoms with Gasteiger partial charge in [-0.3, -0.25) is 0 Å². The van der Waals surface area contributed by atoms with E-state index in [1.54, 1.807) is 13.0 Å². The van der Waals surface area contributed by atoms with Gasteiger partial charge in [0.2, 0.25) is 0 Å². The van der Waals surface area contributed by atoms with Crippen molar-refractivity contribution in [2.45, 2.75) is 18.6 Å². The number of rotatable bonds is 4. The zero-order valence-electron chi connectivity index (χ0n) is 10.3. The van der Waals surface area contributed by atoms with Gasteiger partial charge in [0.1, 0.15) is 11.8 Å². The molecular weight excluding hydrogens is 343 g/mol. The highest BCUT2D eigenvalue weighted by molar-refractivity contribution is 9.08. The number of ether oxygens (including phenoxy) is 2. The predicted octanol–water partition coefficient (Wildman–Crippen LogP) is 3.53. The number of nitrogens with zero attached hydrogens (tertiary/aromatic N) is 1. The molecule has 0 aromatic heterocycles. The zero-order valence-corrected chi connectivity index (χ0v) is 11.8. The fourth-order valence-electron chi connectivity index (χ4n) is 1.47. The molecule has 8 heteroatoms. The first-order valence-electron chi connectivity index (χ1n) is 5.38. The van der Waals surface area contributed by atoms with E-state index in [0.717, 1.165) is 12.1 Å². The van der Waals surface area contributed by atoms with Crippen molar-refractivity contribution in [2.24, 2.45) is 0 Å². The van der Waals surface area contributed by atoms with E-state index in [4.69, 9.17) is 10.00 Å². The van der Waals surface area contributed by atoms with Crippen molar-refractivity contribution >= 4 is 21.9 Å². The van der Waals surface area contributed by atoms with Gasteiger partial charge >= 0.3 is 12.3 Å². The number of nitriles is 1. The van der Waals surface area contributed by atoms with Crippen molar-refractivity contribution in [3.8, 4) is 11.8 Å². The second-order valence-electron chi connectivity index (χ2n) is 3.52. The molecule has 0 saturated heterocycles. The van der Waals surface area contributed by atoms with Gasteiger partial charge in [-0.1, -0.05) is 15.9 Å². The van der Waals surface area contributed by atoms with Crippen LogP contribution in [0.5, 0.6) is 5.75 Å². The summed E-state index contributed by atoms with van der Waals surface area (Å²) < 4.78 is 45.2. The van der Waals surface area contributed by atoms with Crippen LogP contribution in [0, 0.1) is 11.3 Å². The largest absolute Gasteiger partial charge is 0.573 e. The van der Waals surface area contributed by atoms with E-state index in [0.29, 0.717) is 0 Å². The van der Waals surface area contributed by atoms with E-state index in [9.17, 15) is 18.0 Å². The normalized spacial score (nSPS) is 10.8. The third-order valence-electron chi connectivity index (χ3n) is 2.18. The summed E-state index contributed by atoms with van der Waals surface area (Å²) in [5.74, 6) is -1.45. The fourth-order valence-corrected chi connectivity index (χ4v) is 1.92. The smallest absolute Gasteiger partial charge is 0.462 e. The fraction of sp³-hybridized carbons (Fsp3) is 0.333. The molecule has 0 atom stereocenters. The van der Waals surface area contributed by atoms with Crippen LogP contribution in [0.1, 0.15) is 28.4 Å². The Balaban J connectivity index is 3.35. The lowest BCUT2D eigenvalue weighted by atomic mass is 10.0. The van der Waals surface area contributed by atoms with Crippen LogP contribution in [0.25, 0.3) is 0 Å². The second-order valence-corrected chi connectivity index (χ2v) is 4.08. The van der Waals surface area contributed by atoms with E-state index >= 15 is 0 Å². The van der Waals surface area contributed by atoms with Crippen molar-refractivity contribution in [3.05, 3.63) is 28.8 Å². The number of hydrogen-bond acceptors (Lipinski definition) is 4. The van der Waals surface area contributed by atoms with E-state index in [-0.39, 0.29) is 28.6 Å². The van der Waals surface area contributed by atoms with Crippen LogP contribution in [0.3, 0.4) is 0 Å². The third kappa shape index (κ3) is 4.13. The molecule has 0 unspecified atom stereocenters. The van der Waals surface area contributed by atoms with Crippen molar-refractivity contribution in [1.29, 1.82) is 5.26 Å². The summed E-state index contributed by atoms with van der Waals surface area (Å²) in [6.07, 6.45) is -4.89. The number of alkyl halides is 4. The van der Waals surface area contributed by atoms with Crippen LogP contribution >= 0.6 is 15.9 Å². The van der Waals surface area contributed by atoms with Crippen LogP contribution in [0.2, 0.25) is 0 Å². The number of halogens is 4. The van der Waals surface area contributed by atoms with Crippen molar-refractivity contribution in [1.82, 2.24) is 0 Å². The predicted molar refractivity (Wildman–Crippen MR) is 66.4 cm³/mol. The average Bonchev–Trinajstić information content (AvgIpc) is 2.35. The van der Waals surface area contributed by atoms with Crippen molar-refractivity contribution in [3.63, 3.8) is 0 Å². The lowest BCUT2D eigenvalue weighted by Gasteiger charge is -2.13. The van der Waals surface area contributed by atoms with Crippen LogP contribution in [0.15, 0.2) is 12.1 Å². The SMILES string of the molecule is CCOC(=O)c1cc(OC(F)(F)F)cc(CBr)c1C#N. The molecule has 0 radical (unpaired) electrons. The maximum Gasteiger partial charge on any atom is 0.573 e. The molecule has 0 spiro atoms. The topological polar surface area (TPSA) is 59.3 Å². The average molecular weight is 352 g/mol. The Bertz CT molecular complexity index is 552. The Morgan fingerprint density at radius 2 is 2.10 bits per heavy atom. The van der Waals surface area contributed by atoms with E-state index in [2.05, 4.69) is 20.7 Å². The quantitative estimate of drug-likeness (QED) is 0.615. The Morgan fingerprint density at radius 1 is 1.45 bits per heavy atom. The first kappa shape index (κ1) is 16.3. The van der Waals surface area contributed by atoms with Gasteiger partial charge in [0.25, 0.3) is 0 Å². The molecule has 0 saturated carbocycles. The van der Waals surface area contributed by atoms with Gasteiger partial charge in [0.15, 0.2) is 0 Å². The summed E-state index contributed by atoms with van der Waals surface area (Å²) in [4.78, 5) is 11.7. The van der Waals surface area contributed by atoms with Crippen molar-refractivity contribution < 1.29 is 27.4 Å². The maximum absolute atomic E-state index is 12.2. The van der Waals surface area contributed by atoms with Gasteiger partial charge in [0.05, 0.1) is 17.7 Å². The summed E-state index contributed by atoms with van der Waals surface area (Å²) in [7, 11) is 0. The van der Waals surface area contributed by atoms with Gasteiger partial charge in [-0.2, -0.15) is 5.26 Å². The summed E-state index contributed by atoms with van der Waals surface area (Å²) in [6.45, 7) is 1.59.